The molecule has 1 aromatic rings. The van der Waals surface area contributed by atoms with Crippen molar-refractivity contribution in [1.82, 2.24) is 15.6 Å². The number of carbonyl (C=O) groups excluding carboxylic acids is 2. The molecule has 126 valence electrons. The molecular weight excluding hydrogens is 296 g/mol. The van der Waals surface area contributed by atoms with Gasteiger partial charge in [0.25, 0.3) is 0 Å². The van der Waals surface area contributed by atoms with Crippen LogP contribution in [0.2, 0.25) is 0 Å². The molecule has 7 nitrogen and oxygen atoms in total. The number of aliphatic hydroxyl groups is 1. The Balaban J connectivity index is 1.88. The van der Waals surface area contributed by atoms with Crippen LogP contribution in [-0.2, 0) is 11.3 Å². The summed E-state index contributed by atoms with van der Waals surface area (Å²) >= 11 is 0. The van der Waals surface area contributed by atoms with Crippen molar-refractivity contribution in [1.29, 1.82) is 0 Å². The lowest BCUT2D eigenvalue weighted by Crippen LogP contribution is -2.35. The van der Waals surface area contributed by atoms with E-state index in [0.717, 1.165) is 18.4 Å². The third kappa shape index (κ3) is 5.86. The van der Waals surface area contributed by atoms with Crippen LogP contribution in [0, 0.1) is 5.92 Å². The molecule has 0 radical (unpaired) electrons. The number of rotatable bonds is 6. The molecule has 0 aliphatic heterocycles. The molecule has 23 heavy (non-hydrogen) atoms. The molecule has 0 unspecified atom stereocenters. The largest absolute Gasteiger partial charge is 0.376 e. The maximum Gasteiger partial charge on any atom is 0.316 e. The third-order valence-electron chi connectivity index (χ3n) is 4.06. The maximum atomic E-state index is 12.2. The standard InChI is InChI=1S/C16H24N4O3/c21-11-19-16(23)18-9-13-6-7-17-10-14(13)20-15(22)8-12-4-2-1-3-5-12/h6-7,10,12,21H,1-5,8-9,11H2,(H,20,22)(H2,18,19,23). The zero-order valence-corrected chi connectivity index (χ0v) is 13.2. The van der Waals surface area contributed by atoms with Crippen LogP contribution >= 0.6 is 0 Å². The van der Waals surface area contributed by atoms with Gasteiger partial charge in [-0.05, 0) is 30.4 Å². The van der Waals surface area contributed by atoms with Crippen LogP contribution in [0.15, 0.2) is 18.5 Å². The van der Waals surface area contributed by atoms with Crippen molar-refractivity contribution in [3.8, 4) is 0 Å². The Hall–Kier alpha value is -2.15. The average molecular weight is 320 g/mol. The summed E-state index contributed by atoms with van der Waals surface area (Å²) in [5, 5.41) is 16.4. The first kappa shape index (κ1) is 17.2. The van der Waals surface area contributed by atoms with E-state index >= 15 is 0 Å². The minimum absolute atomic E-state index is 0.00837. The second-order valence-corrected chi connectivity index (χ2v) is 5.81. The lowest BCUT2D eigenvalue weighted by molar-refractivity contribution is -0.117. The average Bonchev–Trinajstić information content (AvgIpc) is 2.55. The lowest BCUT2D eigenvalue weighted by Gasteiger charge is -2.21. The Morgan fingerprint density at radius 2 is 2.00 bits per heavy atom. The van der Waals surface area contributed by atoms with Gasteiger partial charge in [-0.3, -0.25) is 9.78 Å². The first-order valence-corrected chi connectivity index (χ1v) is 8.04. The second-order valence-electron chi connectivity index (χ2n) is 5.81. The summed E-state index contributed by atoms with van der Waals surface area (Å²) in [6.07, 6.45) is 9.66. The molecular formula is C16H24N4O3. The van der Waals surface area contributed by atoms with Gasteiger partial charge in [0.2, 0.25) is 5.91 Å². The number of pyridine rings is 1. The van der Waals surface area contributed by atoms with Crippen LogP contribution in [0.5, 0.6) is 0 Å². The van der Waals surface area contributed by atoms with Crippen molar-refractivity contribution in [2.45, 2.75) is 45.1 Å². The highest BCUT2D eigenvalue weighted by Crippen LogP contribution is 2.26. The van der Waals surface area contributed by atoms with Gasteiger partial charge >= 0.3 is 6.03 Å². The van der Waals surface area contributed by atoms with Crippen molar-refractivity contribution in [2.24, 2.45) is 5.92 Å². The van der Waals surface area contributed by atoms with E-state index in [9.17, 15) is 9.59 Å². The number of aliphatic hydroxyl groups excluding tert-OH is 1. The summed E-state index contributed by atoms with van der Waals surface area (Å²) in [6.45, 7) is -0.180. The Kier molecular flexibility index (Phi) is 6.80. The molecule has 1 fully saturated rings. The van der Waals surface area contributed by atoms with Gasteiger partial charge in [0.05, 0.1) is 11.9 Å². The van der Waals surface area contributed by atoms with Gasteiger partial charge in [0.15, 0.2) is 0 Å². The van der Waals surface area contributed by atoms with Gasteiger partial charge in [0.1, 0.15) is 6.73 Å². The van der Waals surface area contributed by atoms with Crippen molar-refractivity contribution < 1.29 is 14.7 Å². The summed E-state index contributed by atoms with van der Waals surface area (Å²) in [7, 11) is 0. The number of carbonyl (C=O) groups is 2. The van der Waals surface area contributed by atoms with Crippen molar-refractivity contribution >= 4 is 17.6 Å². The van der Waals surface area contributed by atoms with Crippen molar-refractivity contribution in [2.75, 3.05) is 12.0 Å². The number of nitrogens with one attached hydrogen (secondary N) is 3. The summed E-state index contributed by atoms with van der Waals surface area (Å²) in [5.74, 6) is 0.461. The summed E-state index contributed by atoms with van der Waals surface area (Å²) < 4.78 is 0. The van der Waals surface area contributed by atoms with Crippen LogP contribution in [0.3, 0.4) is 0 Å². The quantitative estimate of drug-likeness (QED) is 0.599. The number of nitrogens with zero attached hydrogens (tertiary/aromatic N) is 1. The fraction of sp³-hybridized carbons (Fsp3) is 0.562. The minimum Gasteiger partial charge on any atom is -0.376 e. The van der Waals surface area contributed by atoms with Gasteiger partial charge < -0.3 is 21.1 Å². The number of amides is 3. The van der Waals surface area contributed by atoms with E-state index in [2.05, 4.69) is 20.9 Å². The smallest absolute Gasteiger partial charge is 0.316 e. The van der Waals surface area contributed by atoms with Gasteiger partial charge in [-0.15, -0.1) is 0 Å². The molecule has 0 saturated heterocycles. The normalized spacial score (nSPS) is 15.0. The molecule has 2 rings (SSSR count). The summed E-state index contributed by atoms with van der Waals surface area (Å²) in [6, 6.07) is 1.28. The van der Waals surface area contributed by atoms with E-state index in [1.807, 2.05) is 0 Å². The van der Waals surface area contributed by atoms with E-state index in [-0.39, 0.29) is 12.5 Å². The number of hydrogen-bond acceptors (Lipinski definition) is 4. The summed E-state index contributed by atoms with van der Waals surface area (Å²) in [5.41, 5.74) is 1.38. The predicted octanol–water partition coefficient (Wildman–Crippen LogP) is 1.74. The van der Waals surface area contributed by atoms with E-state index in [0.29, 0.717) is 18.0 Å². The SMILES string of the molecule is O=C(CC1CCCCC1)Nc1cnccc1CNC(=O)NCO. The van der Waals surface area contributed by atoms with Gasteiger partial charge in [-0.1, -0.05) is 19.3 Å². The highest BCUT2D eigenvalue weighted by molar-refractivity contribution is 5.91. The zero-order chi connectivity index (χ0) is 16.5. The highest BCUT2D eigenvalue weighted by Gasteiger charge is 2.17. The van der Waals surface area contributed by atoms with E-state index in [1.165, 1.54) is 19.3 Å². The molecule has 1 aliphatic carbocycles. The zero-order valence-electron chi connectivity index (χ0n) is 13.2. The molecule has 1 aromatic heterocycles. The first-order valence-electron chi connectivity index (χ1n) is 8.04. The second kappa shape index (κ2) is 9.09. The molecule has 7 heteroatoms. The molecule has 0 spiro atoms. The minimum atomic E-state index is -0.469. The molecule has 1 aliphatic rings. The Bertz CT molecular complexity index is 530. The van der Waals surface area contributed by atoms with Crippen LogP contribution in [0.25, 0.3) is 0 Å². The number of anilines is 1. The fourth-order valence-corrected chi connectivity index (χ4v) is 2.85. The molecule has 0 bridgehead atoms. The lowest BCUT2D eigenvalue weighted by atomic mass is 9.87. The Morgan fingerprint density at radius 1 is 1.22 bits per heavy atom. The van der Waals surface area contributed by atoms with Crippen molar-refractivity contribution in [3.05, 3.63) is 24.0 Å². The molecule has 0 aromatic carbocycles. The van der Waals surface area contributed by atoms with Crippen LogP contribution in [-0.4, -0.2) is 28.8 Å². The van der Waals surface area contributed by atoms with Gasteiger partial charge in [-0.25, -0.2) is 4.79 Å². The van der Waals surface area contributed by atoms with E-state index in [1.54, 1.807) is 18.5 Å². The molecule has 1 saturated carbocycles. The molecule has 4 N–H and O–H groups in total. The van der Waals surface area contributed by atoms with Gasteiger partial charge in [-0.2, -0.15) is 0 Å². The van der Waals surface area contributed by atoms with Crippen LogP contribution in [0.4, 0.5) is 10.5 Å². The van der Waals surface area contributed by atoms with Gasteiger partial charge in [0, 0.05) is 19.2 Å². The highest BCUT2D eigenvalue weighted by atomic mass is 16.3. The third-order valence-corrected chi connectivity index (χ3v) is 4.06. The molecule has 1 heterocycles. The predicted molar refractivity (Wildman–Crippen MR) is 86.5 cm³/mol. The van der Waals surface area contributed by atoms with E-state index < -0.39 is 12.8 Å². The number of aromatic nitrogens is 1. The van der Waals surface area contributed by atoms with E-state index in [4.69, 9.17) is 5.11 Å². The summed E-state index contributed by atoms with van der Waals surface area (Å²) in [4.78, 5) is 27.6. The van der Waals surface area contributed by atoms with Crippen LogP contribution in [0.1, 0.15) is 44.1 Å². The topological polar surface area (TPSA) is 103 Å². The number of hydrogen-bond donors (Lipinski definition) is 4. The molecule has 0 atom stereocenters. The number of urea groups is 1. The fourth-order valence-electron chi connectivity index (χ4n) is 2.85. The Morgan fingerprint density at radius 3 is 2.74 bits per heavy atom. The first-order chi connectivity index (χ1) is 11.2. The maximum absolute atomic E-state index is 12.2. The van der Waals surface area contributed by atoms with Crippen LogP contribution < -0.4 is 16.0 Å². The van der Waals surface area contributed by atoms with Crippen molar-refractivity contribution in [3.63, 3.8) is 0 Å². The molecule has 3 amide bonds. The Labute approximate surface area is 135 Å². The monoisotopic (exact) mass is 320 g/mol.